The van der Waals surface area contributed by atoms with Gasteiger partial charge in [0.1, 0.15) is 11.6 Å². The van der Waals surface area contributed by atoms with Gasteiger partial charge in [0.05, 0.1) is 11.6 Å². The van der Waals surface area contributed by atoms with Crippen LogP contribution in [-0.2, 0) is 15.3 Å². The first-order chi connectivity index (χ1) is 17.8. The SMILES string of the molecule is O=C1C(=O)N(c2nnc(SCc3ccc(Cl)cc3)s2)C(c2cccc(Br)c2)/C1=C(/O)c1ccc(F)cc1. The van der Waals surface area contributed by atoms with Gasteiger partial charge in [-0.2, -0.15) is 0 Å². The first-order valence-electron chi connectivity index (χ1n) is 10.8. The second kappa shape index (κ2) is 10.7. The molecule has 1 atom stereocenters. The molecule has 1 unspecified atom stereocenters. The quantitative estimate of drug-likeness (QED) is 0.0825. The molecule has 4 aromatic rings. The molecule has 11 heteroatoms. The second-order valence-electron chi connectivity index (χ2n) is 8.00. The molecule has 1 saturated heterocycles. The predicted molar refractivity (Wildman–Crippen MR) is 146 cm³/mol. The summed E-state index contributed by atoms with van der Waals surface area (Å²) in [6, 6.07) is 18.6. The molecule has 37 heavy (non-hydrogen) atoms. The molecule has 0 saturated carbocycles. The largest absolute Gasteiger partial charge is 0.507 e. The molecule has 0 spiro atoms. The Morgan fingerprint density at radius 2 is 1.81 bits per heavy atom. The summed E-state index contributed by atoms with van der Waals surface area (Å²) in [5.74, 6) is -1.97. The third kappa shape index (κ3) is 5.33. The lowest BCUT2D eigenvalue weighted by molar-refractivity contribution is -0.132. The highest BCUT2D eigenvalue weighted by atomic mass is 79.9. The molecular weight excluding hydrogens is 601 g/mol. The zero-order valence-electron chi connectivity index (χ0n) is 18.8. The number of nitrogens with zero attached hydrogens (tertiary/aromatic N) is 3. The number of Topliss-reactive ketones (excluding diaryl/α,β-unsaturated/α-hetero) is 1. The second-order valence-corrected chi connectivity index (χ2v) is 11.5. The van der Waals surface area contributed by atoms with Gasteiger partial charge in [0, 0.05) is 20.8 Å². The van der Waals surface area contributed by atoms with Crippen molar-refractivity contribution in [1.82, 2.24) is 10.2 Å². The molecule has 1 aliphatic heterocycles. The standard InChI is InChI=1S/C26H16BrClFN3O3S2/c27-17-3-1-2-16(12-17)21-20(22(33)15-6-10-19(29)11-7-15)23(34)24(35)32(21)25-30-31-26(37-25)36-13-14-4-8-18(28)9-5-14/h1-12,21,33H,13H2/b22-20-. The summed E-state index contributed by atoms with van der Waals surface area (Å²) >= 11 is 12.0. The molecule has 0 bridgehead atoms. The number of thioether (sulfide) groups is 1. The fourth-order valence-electron chi connectivity index (χ4n) is 3.87. The van der Waals surface area contributed by atoms with E-state index in [1.54, 1.807) is 18.2 Å². The van der Waals surface area contributed by atoms with Crippen LogP contribution in [0.25, 0.3) is 5.76 Å². The highest BCUT2D eigenvalue weighted by Crippen LogP contribution is 2.44. The first kappa shape index (κ1) is 25.6. The molecule has 1 amide bonds. The Bertz CT molecular complexity index is 1530. The number of carbonyl (C=O) groups is 2. The highest BCUT2D eigenvalue weighted by Gasteiger charge is 2.48. The minimum absolute atomic E-state index is 0.111. The van der Waals surface area contributed by atoms with Crippen LogP contribution in [0.4, 0.5) is 9.52 Å². The molecule has 186 valence electrons. The van der Waals surface area contributed by atoms with Gasteiger partial charge in [-0.15, -0.1) is 10.2 Å². The number of anilines is 1. The smallest absolute Gasteiger partial charge is 0.301 e. The maximum atomic E-state index is 13.5. The Morgan fingerprint density at radius 3 is 2.51 bits per heavy atom. The predicted octanol–water partition coefficient (Wildman–Crippen LogP) is 7.01. The van der Waals surface area contributed by atoms with Gasteiger partial charge >= 0.3 is 5.91 Å². The lowest BCUT2D eigenvalue weighted by atomic mass is 9.95. The Kier molecular flexibility index (Phi) is 7.43. The van der Waals surface area contributed by atoms with Gasteiger partial charge in [0.2, 0.25) is 5.13 Å². The number of hydrogen-bond donors (Lipinski definition) is 1. The molecule has 2 heterocycles. The van der Waals surface area contributed by atoms with E-state index >= 15 is 0 Å². The van der Waals surface area contributed by atoms with Crippen molar-refractivity contribution in [3.8, 4) is 0 Å². The molecule has 5 rings (SSSR count). The van der Waals surface area contributed by atoms with Gasteiger partial charge in [0.15, 0.2) is 4.34 Å². The Morgan fingerprint density at radius 1 is 1.08 bits per heavy atom. The number of ketones is 1. The van der Waals surface area contributed by atoms with Crippen LogP contribution in [0.2, 0.25) is 5.02 Å². The van der Waals surface area contributed by atoms with E-state index in [0.29, 0.717) is 20.7 Å². The van der Waals surface area contributed by atoms with Crippen molar-refractivity contribution < 1.29 is 19.1 Å². The van der Waals surface area contributed by atoms with Crippen molar-refractivity contribution in [3.05, 3.63) is 110 Å². The van der Waals surface area contributed by atoms with Crippen molar-refractivity contribution in [2.45, 2.75) is 16.1 Å². The normalized spacial score (nSPS) is 16.9. The van der Waals surface area contributed by atoms with Crippen LogP contribution < -0.4 is 4.90 Å². The molecule has 1 aromatic heterocycles. The van der Waals surface area contributed by atoms with E-state index in [1.807, 2.05) is 30.3 Å². The van der Waals surface area contributed by atoms with Gasteiger partial charge in [-0.05, 0) is 59.7 Å². The average Bonchev–Trinajstić information content (AvgIpc) is 3.46. The lowest BCUT2D eigenvalue weighted by Gasteiger charge is -2.22. The Labute approximate surface area is 232 Å². The highest BCUT2D eigenvalue weighted by molar-refractivity contribution is 9.10. The van der Waals surface area contributed by atoms with Crippen molar-refractivity contribution in [2.24, 2.45) is 0 Å². The van der Waals surface area contributed by atoms with E-state index in [0.717, 1.165) is 10.0 Å². The average molecular weight is 617 g/mol. The van der Waals surface area contributed by atoms with Crippen molar-refractivity contribution in [1.29, 1.82) is 0 Å². The number of amides is 1. The number of halogens is 3. The Balaban J connectivity index is 1.53. The monoisotopic (exact) mass is 615 g/mol. The number of aliphatic hydroxyl groups is 1. The van der Waals surface area contributed by atoms with Gasteiger partial charge in [-0.3, -0.25) is 14.5 Å². The number of aliphatic hydroxyl groups excluding tert-OH is 1. The maximum absolute atomic E-state index is 13.5. The summed E-state index contributed by atoms with van der Waals surface area (Å²) in [5, 5.41) is 20.4. The van der Waals surface area contributed by atoms with Crippen LogP contribution in [0.1, 0.15) is 22.7 Å². The summed E-state index contributed by atoms with van der Waals surface area (Å²) in [6.07, 6.45) is 0. The van der Waals surface area contributed by atoms with E-state index in [2.05, 4.69) is 26.1 Å². The summed E-state index contributed by atoms with van der Waals surface area (Å²) < 4.78 is 14.8. The van der Waals surface area contributed by atoms with E-state index in [1.165, 1.54) is 52.3 Å². The fraction of sp³-hybridized carbons (Fsp3) is 0.0769. The molecule has 0 aliphatic carbocycles. The van der Waals surface area contributed by atoms with Crippen LogP contribution in [0, 0.1) is 5.82 Å². The lowest BCUT2D eigenvalue weighted by Crippen LogP contribution is -2.29. The first-order valence-corrected chi connectivity index (χ1v) is 13.8. The van der Waals surface area contributed by atoms with Crippen LogP contribution >= 0.6 is 50.6 Å². The van der Waals surface area contributed by atoms with Gasteiger partial charge < -0.3 is 5.11 Å². The number of benzene rings is 3. The van der Waals surface area contributed by atoms with Crippen LogP contribution in [0.15, 0.2) is 87.2 Å². The van der Waals surface area contributed by atoms with Crippen LogP contribution in [0.5, 0.6) is 0 Å². The van der Waals surface area contributed by atoms with Crippen molar-refractivity contribution in [3.63, 3.8) is 0 Å². The summed E-state index contributed by atoms with van der Waals surface area (Å²) in [4.78, 5) is 27.8. The van der Waals surface area contributed by atoms with Crippen LogP contribution in [-0.4, -0.2) is 27.0 Å². The minimum Gasteiger partial charge on any atom is -0.507 e. The van der Waals surface area contributed by atoms with E-state index in [-0.39, 0.29) is 16.3 Å². The fourth-order valence-corrected chi connectivity index (χ4v) is 6.24. The van der Waals surface area contributed by atoms with Crippen LogP contribution in [0.3, 0.4) is 0 Å². The zero-order chi connectivity index (χ0) is 26.1. The number of hydrogen-bond acceptors (Lipinski definition) is 7. The molecular formula is C26H16BrClFN3O3S2. The third-order valence-corrected chi connectivity index (χ3v) is 8.48. The van der Waals surface area contributed by atoms with Crippen molar-refractivity contribution in [2.75, 3.05) is 4.90 Å². The molecule has 6 nitrogen and oxygen atoms in total. The van der Waals surface area contributed by atoms with Gasteiger partial charge in [-0.25, -0.2) is 4.39 Å². The number of rotatable bonds is 6. The van der Waals surface area contributed by atoms with E-state index < -0.39 is 29.3 Å². The molecule has 3 aromatic carbocycles. The molecule has 1 fully saturated rings. The molecule has 0 radical (unpaired) electrons. The summed E-state index contributed by atoms with van der Waals surface area (Å²) in [7, 11) is 0. The number of carbonyl (C=O) groups excluding carboxylic acids is 2. The van der Waals surface area contributed by atoms with E-state index in [4.69, 9.17) is 11.6 Å². The topological polar surface area (TPSA) is 83.4 Å². The summed E-state index contributed by atoms with van der Waals surface area (Å²) in [5.41, 5.74) is 1.74. The minimum atomic E-state index is -0.954. The summed E-state index contributed by atoms with van der Waals surface area (Å²) in [6.45, 7) is 0. The van der Waals surface area contributed by atoms with Crippen molar-refractivity contribution >= 4 is 73.2 Å². The van der Waals surface area contributed by atoms with Gasteiger partial charge in [0.25, 0.3) is 5.78 Å². The molecule has 1 N–H and O–H groups in total. The third-order valence-electron chi connectivity index (χ3n) is 5.60. The zero-order valence-corrected chi connectivity index (χ0v) is 22.7. The van der Waals surface area contributed by atoms with Gasteiger partial charge in [-0.1, -0.05) is 74.9 Å². The number of aromatic nitrogens is 2. The molecule has 1 aliphatic rings. The van der Waals surface area contributed by atoms with E-state index in [9.17, 15) is 19.1 Å². The maximum Gasteiger partial charge on any atom is 0.301 e. The Hall–Kier alpha value is -3.05.